The van der Waals surface area contributed by atoms with Crippen LogP contribution >= 0.6 is 0 Å². The van der Waals surface area contributed by atoms with Crippen LogP contribution in [0.4, 0.5) is 22.0 Å². The third-order valence-corrected chi connectivity index (χ3v) is 6.14. The molecule has 0 spiro atoms. The molecular weight excluding hydrogens is 487 g/mol. The van der Waals surface area contributed by atoms with E-state index < -0.39 is 57.7 Å². The van der Waals surface area contributed by atoms with Gasteiger partial charge in [0.2, 0.25) is 15.9 Å². The third-order valence-electron chi connectivity index (χ3n) is 5.43. The number of halogens is 5. The van der Waals surface area contributed by atoms with Crippen LogP contribution < -0.4 is 9.46 Å². The number of methoxy groups -OCH3 is 1. The third kappa shape index (κ3) is 4.78. The van der Waals surface area contributed by atoms with E-state index in [1.54, 1.807) is 0 Å². The molecule has 3 heterocycles. The molecule has 14 heteroatoms. The standard InChI is InChI=1S/C20H19F5N4O4S/c1-32-18-5-11(19-13(22)3-10(21)4-14(19)23)12(7-26-18)15-6-17(27-33-15)29-8-16(20(24,25)9-29)28-34(2,30)31/h3-5,7,15-16,28H,6,8-9H2,1-2H3/t15?,16-/m1/s1. The number of nitrogens with one attached hydrogen (secondary N) is 1. The Labute approximate surface area is 191 Å². The maximum Gasteiger partial charge on any atom is 0.282 e. The van der Waals surface area contributed by atoms with E-state index >= 15 is 0 Å². The molecule has 2 aliphatic heterocycles. The summed E-state index contributed by atoms with van der Waals surface area (Å²) in [4.78, 5) is 10.6. The fourth-order valence-electron chi connectivity index (χ4n) is 3.91. The summed E-state index contributed by atoms with van der Waals surface area (Å²) in [5.74, 6) is -6.67. The van der Waals surface area contributed by atoms with Gasteiger partial charge in [0.1, 0.15) is 29.3 Å². The first kappa shape index (κ1) is 24.1. The van der Waals surface area contributed by atoms with Gasteiger partial charge in [-0.25, -0.2) is 40.1 Å². The van der Waals surface area contributed by atoms with Crippen molar-refractivity contribution < 1.29 is 39.9 Å². The average molecular weight is 506 g/mol. The van der Waals surface area contributed by atoms with Crippen molar-refractivity contribution in [3.05, 3.63) is 47.4 Å². The van der Waals surface area contributed by atoms with E-state index in [0.29, 0.717) is 12.1 Å². The maximum absolute atomic E-state index is 14.5. The summed E-state index contributed by atoms with van der Waals surface area (Å²) in [7, 11) is -2.58. The Hall–Kier alpha value is -3.00. The van der Waals surface area contributed by atoms with Gasteiger partial charge >= 0.3 is 0 Å². The fourth-order valence-corrected chi connectivity index (χ4v) is 4.67. The van der Waals surface area contributed by atoms with E-state index in [1.807, 2.05) is 4.72 Å². The van der Waals surface area contributed by atoms with Crippen LogP contribution in [0, 0.1) is 17.5 Å². The summed E-state index contributed by atoms with van der Waals surface area (Å²) >= 11 is 0. The molecule has 1 N–H and O–H groups in total. The number of hydrogen-bond acceptors (Lipinski definition) is 7. The molecule has 2 atom stereocenters. The van der Waals surface area contributed by atoms with Crippen molar-refractivity contribution in [2.24, 2.45) is 5.16 Å². The largest absolute Gasteiger partial charge is 0.481 e. The van der Waals surface area contributed by atoms with Gasteiger partial charge in [0, 0.05) is 42.1 Å². The predicted molar refractivity (Wildman–Crippen MR) is 110 cm³/mol. The van der Waals surface area contributed by atoms with Crippen molar-refractivity contribution in [3.63, 3.8) is 0 Å². The fraction of sp³-hybridized carbons (Fsp3) is 0.400. The normalized spacial score (nSPS) is 22.0. The van der Waals surface area contributed by atoms with Crippen LogP contribution in [0.3, 0.4) is 0 Å². The second-order valence-corrected chi connectivity index (χ2v) is 9.73. The Morgan fingerprint density at radius 2 is 1.88 bits per heavy atom. The van der Waals surface area contributed by atoms with E-state index in [4.69, 9.17) is 9.57 Å². The molecule has 0 bridgehead atoms. The van der Waals surface area contributed by atoms with Gasteiger partial charge in [-0.2, -0.15) is 0 Å². The number of hydrogen-bond donors (Lipinski definition) is 1. The van der Waals surface area contributed by atoms with Crippen LogP contribution in [0.5, 0.6) is 5.88 Å². The quantitative estimate of drug-likeness (QED) is 0.627. The molecule has 1 aromatic carbocycles. The molecule has 0 radical (unpaired) electrons. The van der Waals surface area contributed by atoms with E-state index in [0.717, 1.165) is 6.26 Å². The monoisotopic (exact) mass is 506 g/mol. The van der Waals surface area contributed by atoms with Crippen molar-refractivity contribution >= 4 is 15.9 Å². The number of alkyl halides is 2. The summed E-state index contributed by atoms with van der Waals surface area (Å²) in [5.41, 5.74) is -0.410. The second kappa shape index (κ2) is 8.65. The van der Waals surface area contributed by atoms with Crippen LogP contribution in [-0.2, 0) is 14.9 Å². The lowest BCUT2D eigenvalue weighted by molar-refractivity contribution is -0.00123. The van der Waals surface area contributed by atoms with E-state index in [-0.39, 0.29) is 35.8 Å². The Kier molecular flexibility index (Phi) is 6.14. The van der Waals surface area contributed by atoms with Crippen LogP contribution in [0.2, 0.25) is 0 Å². The zero-order chi connectivity index (χ0) is 24.8. The summed E-state index contributed by atoms with van der Waals surface area (Å²) < 4.78 is 101. The molecule has 1 fully saturated rings. The van der Waals surface area contributed by atoms with Crippen molar-refractivity contribution in [1.29, 1.82) is 0 Å². The topological polar surface area (TPSA) is 93.1 Å². The lowest BCUT2D eigenvalue weighted by Gasteiger charge is -2.18. The molecule has 4 rings (SSSR count). The number of rotatable bonds is 5. The Morgan fingerprint density at radius 1 is 1.21 bits per heavy atom. The summed E-state index contributed by atoms with van der Waals surface area (Å²) in [6, 6.07) is 0.623. The molecular formula is C20H19F5N4O4S. The Morgan fingerprint density at radius 3 is 2.50 bits per heavy atom. The Bertz CT molecular complexity index is 1230. The Balaban J connectivity index is 1.61. The van der Waals surface area contributed by atoms with Gasteiger partial charge < -0.3 is 14.5 Å². The second-order valence-electron chi connectivity index (χ2n) is 7.95. The zero-order valence-corrected chi connectivity index (χ0v) is 18.7. The summed E-state index contributed by atoms with van der Waals surface area (Å²) in [6.07, 6.45) is 1.01. The van der Waals surface area contributed by atoms with Crippen LogP contribution in [0.15, 0.2) is 29.6 Å². The minimum absolute atomic E-state index is 0.0230. The minimum atomic E-state index is -3.88. The summed E-state index contributed by atoms with van der Waals surface area (Å²) in [6.45, 7) is -1.16. The lowest BCUT2D eigenvalue weighted by atomic mass is 9.95. The number of sulfonamides is 1. The molecule has 2 aromatic rings. The van der Waals surface area contributed by atoms with Gasteiger partial charge in [-0.1, -0.05) is 5.16 Å². The molecule has 34 heavy (non-hydrogen) atoms. The van der Waals surface area contributed by atoms with Gasteiger partial charge in [0.15, 0.2) is 6.10 Å². The van der Waals surface area contributed by atoms with Crippen molar-refractivity contribution in [2.75, 3.05) is 26.5 Å². The number of nitrogens with zero attached hydrogens (tertiary/aromatic N) is 3. The molecule has 1 saturated heterocycles. The van der Waals surface area contributed by atoms with Gasteiger partial charge in [-0.3, -0.25) is 0 Å². The van der Waals surface area contributed by atoms with Gasteiger partial charge in [0.25, 0.3) is 5.92 Å². The molecule has 8 nitrogen and oxygen atoms in total. The van der Waals surface area contributed by atoms with E-state index in [9.17, 15) is 30.4 Å². The van der Waals surface area contributed by atoms with Crippen molar-refractivity contribution in [1.82, 2.24) is 14.6 Å². The highest BCUT2D eigenvalue weighted by molar-refractivity contribution is 7.88. The molecule has 184 valence electrons. The molecule has 0 amide bonds. The smallest absolute Gasteiger partial charge is 0.282 e. The number of aromatic nitrogens is 1. The van der Waals surface area contributed by atoms with Crippen molar-refractivity contribution in [2.45, 2.75) is 24.5 Å². The lowest BCUT2D eigenvalue weighted by Crippen LogP contribution is -2.46. The van der Waals surface area contributed by atoms with Crippen molar-refractivity contribution in [3.8, 4) is 17.0 Å². The number of likely N-dealkylation sites (tertiary alicyclic amines) is 1. The molecule has 1 unspecified atom stereocenters. The molecule has 2 aliphatic rings. The number of ether oxygens (including phenoxy) is 1. The number of amidine groups is 1. The predicted octanol–water partition coefficient (Wildman–Crippen LogP) is 2.82. The summed E-state index contributed by atoms with van der Waals surface area (Å²) in [5, 5.41) is 3.83. The van der Waals surface area contributed by atoms with Crippen LogP contribution in [0.1, 0.15) is 18.1 Å². The highest BCUT2D eigenvalue weighted by atomic mass is 32.2. The van der Waals surface area contributed by atoms with Gasteiger partial charge in [-0.05, 0) is 0 Å². The number of pyridine rings is 1. The zero-order valence-electron chi connectivity index (χ0n) is 17.9. The first-order chi connectivity index (χ1) is 15.9. The number of benzene rings is 1. The number of oxime groups is 1. The van der Waals surface area contributed by atoms with Crippen LogP contribution in [0.25, 0.3) is 11.1 Å². The SMILES string of the molecule is COc1cc(-c2c(F)cc(F)cc2F)c(C2CC(N3C[C@@H](NS(C)(=O)=O)C(F)(F)C3)=NO2)cn1. The maximum atomic E-state index is 14.5. The minimum Gasteiger partial charge on any atom is -0.481 e. The average Bonchev–Trinajstić information content (AvgIpc) is 3.31. The molecule has 0 aliphatic carbocycles. The van der Waals surface area contributed by atoms with E-state index in [1.165, 1.54) is 24.3 Å². The first-order valence-corrected chi connectivity index (χ1v) is 11.8. The van der Waals surface area contributed by atoms with E-state index in [2.05, 4.69) is 10.1 Å². The highest BCUT2D eigenvalue weighted by Gasteiger charge is 2.51. The highest BCUT2D eigenvalue weighted by Crippen LogP contribution is 2.40. The van der Waals surface area contributed by atoms with Gasteiger partial charge in [-0.15, -0.1) is 0 Å². The molecule has 1 aromatic heterocycles. The van der Waals surface area contributed by atoms with Gasteiger partial charge in [0.05, 0.1) is 31.9 Å². The van der Waals surface area contributed by atoms with Crippen LogP contribution in [-0.4, -0.2) is 62.6 Å². The first-order valence-electron chi connectivity index (χ1n) is 9.89. The molecule has 0 saturated carbocycles.